The van der Waals surface area contributed by atoms with Crippen molar-refractivity contribution in [3.63, 3.8) is 0 Å². The van der Waals surface area contributed by atoms with Crippen LogP contribution in [0.25, 0.3) is 21.8 Å². The molecule has 112 valence electrons. The fraction of sp³-hybridized carbons (Fsp3) is 0. The summed E-state index contributed by atoms with van der Waals surface area (Å²) < 4.78 is 0. The summed E-state index contributed by atoms with van der Waals surface area (Å²) in [6.07, 6.45) is 1.66. The van der Waals surface area contributed by atoms with Crippen molar-refractivity contribution in [1.82, 2.24) is 15.0 Å². The minimum atomic E-state index is -0.346. The van der Waals surface area contributed by atoms with Crippen LogP contribution in [-0.4, -0.2) is 20.9 Å². The average Bonchev–Trinajstić information content (AvgIpc) is 2.98. The van der Waals surface area contributed by atoms with Crippen molar-refractivity contribution in [3.05, 3.63) is 65.6 Å². The Morgan fingerprint density at radius 2 is 2.00 bits per heavy atom. The van der Waals surface area contributed by atoms with E-state index in [2.05, 4.69) is 20.3 Å². The van der Waals surface area contributed by atoms with E-state index < -0.39 is 0 Å². The molecule has 6 heteroatoms. The first-order valence-corrected chi connectivity index (χ1v) is 7.39. The zero-order valence-corrected chi connectivity index (χ0v) is 12.6. The van der Waals surface area contributed by atoms with E-state index in [9.17, 15) is 4.79 Å². The first-order valence-electron chi connectivity index (χ1n) is 7.01. The molecule has 0 fully saturated rings. The number of hydrogen-bond donors (Lipinski definition) is 2. The Labute approximate surface area is 136 Å². The van der Waals surface area contributed by atoms with Gasteiger partial charge in [0.2, 0.25) is 0 Å². The summed E-state index contributed by atoms with van der Waals surface area (Å²) in [6.45, 7) is 0. The third kappa shape index (κ3) is 2.51. The second-order valence-electron chi connectivity index (χ2n) is 5.08. The molecule has 2 aromatic carbocycles. The van der Waals surface area contributed by atoms with Crippen LogP contribution in [0, 0.1) is 0 Å². The van der Waals surface area contributed by atoms with Crippen LogP contribution in [0.3, 0.4) is 0 Å². The van der Waals surface area contributed by atoms with Crippen molar-refractivity contribution in [2.24, 2.45) is 0 Å². The summed E-state index contributed by atoms with van der Waals surface area (Å²) in [6, 6.07) is 14.9. The summed E-state index contributed by atoms with van der Waals surface area (Å²) in [7, 11) is 0. The first kappa shape index (κ1) is 13.7. The van der Waals surface area contributed by atoms with E-state index >= 15 is 0 Å². The van der Waals surface area contributed by atoms with Gasteiger partial charge in [0.05, 0.1) is 11.0 Å². The molecule has 2 aromatic heterocycles. The van der Waals surface area contributed by atoms with Crippen LogP contribution in [0.15, 0.2) is 54.7 Å². The number of benzene rings is 2. The second-order valence-corrected chi connectivity index (χ2v) is 5.52. The normalized spacial score (nSPS) is 11.0. The lowest BCUT2D eigenvalue weighted by atomic mass is 10.1. The topological polar surface area (TPSA) is 70.7 Å². The molecule has 0 bridgehead atoms. The maximum atomic E-state index is 12.4. The Bertz CT molecular complexity index is 1040. The number of hydrogen-bond acceptors (Lipinski definition) is 3. The van der Waals surface area contributed by atoms with Crippen LogP contribution in [0.5, 0.6) is 0 Å². The monoisotopic (exact) mass is 322 g/mol. The molecule has 0 unspecified atom stereocenters. The van der Waals surface area contributed by atoms with Crippen molar-refractivity contribution in [3.8, 4) is 0 Å². The van der Waals surface area contributed by atoms with Gasteiger partial charge >= 0.3 is 0 Å². The van der Waals surface area contributed by atoms with Gasteiger partial charge in [-0.25, -0.2) is 9.97 Å². The summed E-state index contributed by atoms with van der Waals surface area (Å²) in [5, 5.41) is 5.27. The summed E-state index contributed by atoms with van der Waals surface area (Å²) in [4.78, 5) is 23.9. The van der Waals surface area contributed by atoms with E-state index in [1.807, 2.05) is 30.3 Å². The van der Waals surface area contributed by atoms with Crippen LogP contribution in [0.2, 0.25) is 5.02 Å². The summed E-state index contributed by atoms with van der Waals surface area (Å²) in [5.41, 5.74) is 1.40. The molecule has 4 rings (SSSR count). The summed E-state index contributed by atoms with van der Waals surface area (Å²) in [5.74, 6) is 0.379. The highest BCUT2D eigenvalue weighted by molar-refractivity contribution is 6.31. The second kappa shape index (κ2) is 5.37. The number of aromatic amines is 1. The molecule has 0 saturated heterocycles. The Morgan fingerprint density at radius 3 is 2.91 bits per heavy atom. The van der Waals surface area contributed by atoms with E-state index in [1.165, 1.54) is 0 Å². The molecule has 2 N–H and O–H groups in total. The van der Waals surface area contributed by atoms with Crippen LogP contribution in [-0.2, 0) is 0 Å². The van der Waals surface area contributed by atoms with Gasteiger partial charge in [-0.3, -0.25) is 4.79 Å². The van der Waals surface area contributed by atoms with Gasteiger partial charge < -0.3 is 10.3 Å². The first-order chi connectivity index (χ1) is 11.2. The van der Waals surface area contributed by atoms with Crippen LogP contribution >= 0.6 is 11.6 Å². The molecular weight excluding hydrogens is 312 g/mol. The summed E-state index contributed by atoms with van der Waals surface area (Å²) >= 11 is 5.94. The molecule has 5 nitrogen and oxygen atoms in total. The number of nitrogens with one attached hydrogen (secondary N) is 2. The third-order valence-corrected chi connectivity index (χ3v) is 3.80. The van der Waals surface area contributed by atoms with E-state index in [0.29, 0.717) is 21.9 Å². The highest BCUT2D eigenvalue weighted by atomic mass is 35.5. The van der Waals surface area contributed by atoms with Crippen LogP contribution in [0.4, 0.5) is 5.82 Å². The largest absolute Gasteiger partial charge is 0.334 e. The molecule has 0 saturated carbocycles. The van der Waals surface area contributed by atoms with Gasteiger partial charge in [0.25, 0.3) is 5.91 Å². The lowest BCUT2D eigenvalue weighted by molar-refractivity contribution is 0.101. The van der Waals surface area contributed by atoms with E-state index in [0.717, 1.165) is 10.8 Å². The highest BCUT2D eigenvalue weighted by Crippen LogP contribution is 2.21. The number of pyridine rings is 1. The van der Waals surface area contributed by atoms with Crippen LogP contribution in [0.1, 0.15) is 10.6 Å². The number of aromatic nitrogens is 3. The Hall–Kier alpha value is -2.92. The standard InChI is InChI=1S/C17H11ClN4O/c18-11-5-6-13-14(9-11)21-16(20-13)17(23)22-15-12-4-2-1-3-10(12)7-8-19-15/h1-9H,(H,20,21)(H,19,22,23). The van der Waals surface area contributed by atoms with Crippen molar-refractivity contribution in [2.45, 2.75) is 0 Å². The number of amides is 1. The molecule has 23 heavy (non-hydrogen) atoms. The third-order valence-electron chi connectivity index (χ3n) is 3.56. The molecular formula is C17H11ClN4O. The van der Waals surface area contributed by atoms with Gasteiger partial charge in [-0.1, -0.05) is 35.9 Å². The maximum absolute atomic E-state index is 12.4. The fourth-order valence-electron chi connectivity index (χ4n) is 2.48. The molecule has 0 aliphatic carbocycles. The Balaban J connectivity index is 1.70. The van der Waals surface area contributed by atoms with Gasteiger partial charge in [-0.05, 0) is 29.7 Å². The molecule has 4 aromatic rings. The van der Waals surface area contributed by atoms with Gasteiger partial charge in [0.1, 0.15) is 5.82 Å². The zero-order valence-electron chi connectivity index (χ0n) is 11.9. The molecule has 0 aliphatic rings. The number of imidazole rings is 1. The zero-order chi connectivity index (χ0) is 15.8. The number of fused-ring (bicyclic) bond motifs is 2. The van der Waals surface area contributed by atoms with E-state index in [-0.39, 0.29) is 11.7 Å². The minimum absolute atomic E-state index is 0.219. The van der Waals surface area contributed by atoms with Gasteiger partial charge in [0.15, 0.2) is 5.82 Å². The van der Waals surface area contributed by atoms with Crippen molar-refractivity contribution in [1.29, 1.82) is 0 Å². The molecule has 2 heterocycles. The number of H-pyrrole nitrogens is 1. The lowest BCUT2D eigenvalue weighted by Gasteiger charge is -2.05. The number of carbonyl (C=O) groups excluding carboxylic acids is 1. The number of halogens is 1. The number of rotatable bonds is 2. The van der Waals surface area contributed by atoms with Crippen molar-refractivity contribution >= 4 is 45.1 Å². The maximum Gasteiger partial charge on any atom is 0.292 e. The fourth-order valence-corrected chi connectivity index (χ4v) is 2.65. The predicted molar refractivity (Wildman–Crippen MR) is 90.8 cm³/mol. The molecule has 0 spiro atoms. The SMILES string of the molecule is O=C(Nc1nccc2ccccc12)c1nc2ccc(Cl)cc2[nH]1. The van der Waals surface area contributed by atoms with Crippen molar-refractivity contribution in [2.75, 3.05) is 5.32 Å². The number of nitrogens with zero attached hydrogens (tertiary/aromatic N) is 2. The molecule has 0 atom stereocenters. The molecule has 1 amide bonds. The molecule has 0 radical (unpaired) electrons. The van der Waals surface area contributed by atoms with Gasteiger partial charge in [-0.15, -0.1) is 0 Å². The highest BCUT2D eigenvalue weighted by Gasteiger charge is 2.13. The average molecular weight is 323 g/mol. The Morgan fingerprint density at radius 1 is 1.13 bits per heavy atom. The lowest BCUT2D eigenvalue weighted by Crippen LogP contribution is -2.14. The smallest absolute Gasteiger partial charge is 0.292 e. The Kier molecular flexibility index (Phi) is 3.20. The number of carbonyl (C=O) groups is 1. The van der Waals surface area contributed by atoms with E-state index in [4.69, 9.17) is 11.6 Å². The van der Waals surface area contributed by atoms with E-state index in [1.54, 1.807) is 24.4 Å². The predicted octanol–water partition coefficient (Wildman–Crippen LogP) is 4.02. The van der Waals surface area contributed by atoms with Crippen molar-refractivity contribution < 1.29 is 4.79 Å². The molecule has 0 aliphatic heterocycles. The van der Waals surface area contributed by atoms with Crippen LogP contribution < -0.4 is 5.32 Å². The van der Waals surface area contributed by atoms with Gasteiger partial charge in [0, 0.05) is 16.6 Å². The van der Waals surface area contributed by atoms with Gasteiger partial charge in [-0.2, -0.15) is 0 Å². The number of anilines is 1. The quantitative estimate of drug-likeness (QED) is 0.585. The minimum Gasteiger partial charge on any atom is -0.334 e.